The first kappa shape index (κ1) is 24.2. The van der Waals surface area contributed by atoms with Gasteiger partial charge >= 0.3 is 0 Å². The molecule has 0 saturated carbocycles. The maximum Gasteiger partial charge on any atom is 0.154 e. The zero-order chi connectivity index (χ0) is 24.9. The van der Waals surface area contributed by atoms with Crippen LogP contribution < -0.4 is 5.32 Å². The first-order valence-corrected chi connectivity index (χ1v) is 12.7. The highest BCUT2D eigenvalue weighted by Crippen LogP contribution is 2.41. The molecule has 5 nitrogen and oxygen atoms in total. The minimum atomic E-state index is -0.152. The van der Waals surface area contributed by atoms with Crippen LogP contribution in [0.1, 0.15) is 48.9 Å². The second kappa shape index (κ2) is 11.0. The van der Waals surface area contributed by atoms with E-state index in [1.165, 1.54) is 11.1 Å². The summed E-state index contributed by atoms with van der Waals surface area (Å²) in [7, 11) is 0. The fourth-order valence-corrected chi connectivity index (χ4v) is 4.97. The van der Waals surface area contributed by atoms with Crippen LogP contribution in [0.2, 0.25) is 0 Å². The van der Waals surface area contributed by atoms with E-state index < -0.39 is 0 Å². The number of hydrogen-bond acceptors (Lipinski definition) is 5. The molecule has 5 heteroatoms. The molecule has 0 unspecified atom stereocenters. The van der Waals surface area contributed by atoms with Crippen molar-refractivity contribution >= 4 is 22.8 Å². The third kappa shape index (κ3) is 5.18. The Labute approximate surface area is 213 Å². The molecule has 1 aromatic heterocycles. The molecule has 3 aromatic carbocycles. The van der Waals surface area contributed by atoms with Gasteiger partial charge in [-0.3, -0.25) is 0 Å². The SMILES string of the molecule is C=Cc1nc(NCc2ccccc2)c2ccc([C@@H]3O[C@H](CC)[C@@H](C)[C@H]3OCc3ccccc3)cc2n1. The molecule has 1 aliphatic heterocycles. The van der Waals surface area contributed by atoms with Crippen LogP contribution in [0.4, 0.5) is 5.82 Å². The van der Waals surface area contributed by atoms with E-state index in [4.69, 9.17) is 14.5 Å². The maximum absolute atomic E-state index is 6.55. The lowest BCUT2D eigenvalue weighted by Crippen LogP contribution is -2.25. The van der Waals surface area contributed by atoms with E-state index in [0.717, 1.165) is 28.7 Å². The van der Waals surface area contributed by atoms with Gasteiger partial charge in [0.05, 0.1) is 24.3 Å². The monoisotopic (exact) mass is 479 g/mol. The number of anilines is 1. The fraction of sp³-hybridized carbons (Fsp3) is 0.290. The van der Waals surface area contributed by atoms with Crippen molar-refractivity contribution in [3.05, 3.63) is 108 Å². The van der Waals surface area contributed by atoms with Crippen LogP contribution in [0.3, 0.4) is 0 Å². The molecule has 1 fully saturated rings. The van der Waals surface area contributed by atoms with Crippen molar-refractivity contribution in [3.63, 3.8) is 0 Å². The summed E-state index contributed by atoms with van der Waals surface area (Å²) in [5, 5.41) is 4.46. The Morgan fingerprint density at radius 2 is 1.69 bits per heavy atom. The average molecular weight is 480 g/mol. The summed E-state index contributed by atoms with van der Waals surface area (Å²) in [5.41, 5.74) is 4.30. The Balaban J connectivity index is 1.43. The topological polar surface area (TPSA) is 56.3 Å². The highest BCUT2D eigenvalue weighted by molar-refractivity contribution is 5.90. The van der Waals surface area contributed by atoms with Gasteiger partial charge in [-0.25, -0.2) is 9.97 Å². The van der Waals surface area contributed by atoms with Crippen molar-refractivity contribution in [1.82, 2.24) is 9.97 Å². The van der Waals surface area contributed by atoms with Gasteiger partial charge < -0.3 is 14.8 Å². The normalized spacial score (nSPS) is 21.5. The summed E-state index contributed by atoms with van der Waals surface area (Å²) >= 11 is 0. The van der Waals surface area contributed by atoms with Crippen LogP contribution in [0.25, 0.3) is 17.0 Å². The van der Waals surface area contributed by atoms with Crippen LogP contribution in [-0.2, 0) is 22.6 Å². The molecule has 1 N–H and O–H groups in total. The zero-order valence-electron chi connectivity index (χ0n) is 20.9. The van der Waals surface area contributed by atoms with E-state index in [0.29, 0.717) is 19.0 Å². The summed E-state index contributed by atoms with van der Waals surface area (Å²) < 4.78 is 13.0. The second-order valence-corrected chi connectivity index (χ2v) is 9.37. The number of benzene rings is 3. The van der Waals surface area contributed by atoms with Crippen molar-refractivity contribution in [2.24, 2.45) is 5.92 Å². The lowest BCUT2D eigenvalue weighted by molar-refractivity contribution is -0.0336. The van der Waals surface area contributed by atoms with Crippen molar-refractivity contribution in [3.8, 4) is 0 Å². The van der Waals surface area contributed by atoms with E-state index in [9.17, 15) is 0 Å². The molecule has 0 spiro atoms. The third-order valence-corrected chi connectivity index (χ3v) is 6.96. The summed E-state index contributed by atoms with van der Waals surface area (Å²) in [4.78, 5) is 9.43. The molecule has 36 heavy (non-hydrogen) atoms. The van der Waals surface area contributed by atoms with E-state index in [1.54, 1.807) is 6.08 Å². The van der Waals surface area contributed by atoms with Crippen molar-refractivity contribution in [1.29, 1.82) is 0 Å². The summed E-state index contributed by atoms with van der Waals surface area (Å²) in [6, 6.07) is 26.9. The van der Waals surface area contributed by atoms with Gasteiger partial charge in [-0.2, -0.15) is 0 Å². The molecule has 1 saturated heterocycles. The van der Waals surface area contributed by atoms with Gasteiger partial charge in [-0.05, 0) is 41.3 Å². The zero-order valence-corrected chi connectivity index (χ0v) is 20.9. The van der Waals surface area contributed by atoms with Crippen molar-refractivity contribution in [2.45, 2.75) is 51.7 Å². The van der Waals surface area contributed by atoms with Gasteiger partial charge in [0, 0.05) is 17.8 Å². The van der Waals surface area contributed by atoms with Crippen LogP contribution in [-0.4, -0.2) is 22.2 Å². The number of ether oxygens (including phenoxy) is 2. The molecule has 0 aliphatic carbocycles. The molecule has 184 valence electrons. The van der Waals surface area contributed by atoms with Crippen LogP contribution >= 0.6 is 0 Å². The minimum absolute atomic E-state index is 0.0380. The minimum Gasteiger partial charge on any atom is -0.370 e. The first-order chi connectivity index (χ1) is 17.7. The smallest absolute Gasteiger partial charge is 0.154 e. The van der Waals surface area contributed by atoms with Crippen LogP contribution in [0.15, 0.2) is 85.4 Å². The Kier molecular flexibility index (Phi) is 7.40. The lowest BCUT2D eigenvalue weighted by Gasteiger charge is -2.22. The van der Waals surface area contributed by atoms with Gasteiger partial charge in [0.1, 0.15) is 11.9 Å². The third-order valence-electron chi connectivity index (χ3n) is 6.96. The van der Waals surface area contributed by atoms with Crippen LogP contribution in [0, 0.1) is 5.92 Å². The van der Waals surface area contributed by atoms with E-state index in [-0.39, 0.29) is 24.2 Å². The molecule has 1 aliphatic rings. The molecule has 0 radical (unpaired) electrons. The van der Waals surface area contributed by atoms with Gasteiger partial charge in [0.15, 0.2) is 5.82 Å². The standard InChI is InChI=1S/C31H33N3O2/c1-4-27-21(3)29(35-20-23-14-10-7-11-15-23)30(36-27)24-16-17-25-26(18-24)33-28(5-2)34-31(25)32-19-22-12-8-6-9-13-22/h5-18,21,27,29-30H,2,4,19-20H2,1,3H3,(H,32,33,34)/t21-,27-,29-,30+/m1/s1. The van der Waals surface area contributed by atoms with E-state index in [1.807, 2.05) is 36.4 Å². The van der Waals surface area contributed by atoms with E-state index in [2.05, 4.69) is 73.2 Å². The van der Waals surface area contributed by atoms with Gasteiger partial charge in [0.25, 0.3) is 0 Å². The first-order valence-electron chi connectivity index (χ1n) is 12.7. The second-order valence-electron chi connectivity index (χ2n) is 9.37. The number of rotatable bonds is 9. The summed E-state index contributed by atoms with van der Waals surface area (Å²) in [5.74, 6) is 1.69. The maximum atomic E-state index is 6.55. The lowest BCUT2D eigenvalue weighted by atomic mass is 9.93. The fourth-order valence-electron chi connectivity index (χ4n) is 4.97. The van der Waals surface area contributed by atoms with Gasteiger partial charge in [-0.15, -0.1) is 0 Å². The number of fused-ring (bicyclic) bond motifs is 1. The van der Waals surface area contributed by atoms with Crippen molar-refractivity contribution in [2.75, 3.05) is 5.32 Å². The van der Waals surface area contributed by atoms with Crippen LogP contribution in [0.5, 0.6) is 0 Å². The number of hydrogen-bond donors (Lipinski definition) is 1. The Morgan fingerprint density at radius 3 is 2.39 bits per heavy atom. The summed E-state index contributed by atoms with van der Waals surface area (Å²) in [6.45, 7) is 9.55. The Morgan fingerprint density at radius 1 is 0.972 bits per heavy atom. The molecule has 2 heterocycles. The Hall–Kier alpha value is -3.54. The predicted octanol–water partition coefficient (Wildman–Crippen LogP) is 6.96. The largest absolute Gasteiger partial charge is 0.370 e. The molecular formula is C31H33N3O2. The number of nitrogens with one attached hydrogen (secondary N) is 1. The Bertz CT molecular complexity index is 1310. The summed E-state index contributed by atoms with van der Waals surface area (Å²) in [6.07, 6.45) is 2.60. The van der Waals surface area contributed by atoms with E-state index >= 15 is 0 Å². The van der Waals surface area contributed by atoms with Gasteiger partial charge in [0.2, 0.25) is 0 Å². The molecule has 5 rings (SSSR count). The highest BCUT2D eigenvalue weighted by atomic mass is 16.6. The molecule has 0 bridgehead atoms. The number of nitrogens with zero attached hydrogens (tertiary/aromatic N) is 2. The van der Waals surface area contributed by atoms with Crippen molar-refractivity contribution < 1.29 is 9.47 Å². The van der Waals surface area contributed by atoms with Gasteiger partial charge in [-0.1, -0.05) is 87.2 Å². The predicted molar refractivity (Wildman–Crippen MR) is 145 cm³/mol. The molecule has 0 amide bonds. The molecule has 4 aromatic rings. The number of aromatic nitrogens is 2. The molecule has 4 atom stereocenters. The average Bonchev–Trinajstić information content (AvgIpc) is 3.26. The molecular weight excluding hydrogens is 446 g/mol. The quantitative estimate of drug-likeness (QED) is 0.281. The highest BCUT2D eigenvalue weighted by Gasteiger charge is 2.42.